The van der Waals surface area contributed by atoms with Crippen molar-refractivity contribution < 1.29 is 8.42 Å². The molecule has 21 heavy (non-hydrogen) atoms. The molecule has 1 aliphatic heterocycles. The lowest BCUT2D eigenvalue weighted by molar-refractivity contribution is 0.305. The van der Waals surface area contributed by atoms with Crippen molar-refractivity contribution in [3.05, 3.63) is 24.3 Å². The second-order valence-electron chi connectivity index (χ2n) is 6.01. The normalized spacial score (nSPS) is 22.0. The Morgan fingerprint density at radius 1 is 1.33 bits per heavy atom. The Kier molecular flexibility index (Phi) is 5.22. The molecule has 118 valence electrons. The van der Waals surface area contributed by atoms with Crippen LogP contribution in [0.3, 0.4) is 0 Å². The van der Waals surface area contributed by atoms with Crippen LogP contribution in [0.4, 0.5) is 5.69 Å². The van der Waals surface area contributed by atoms with Crippen molar-refractivity contribution in [3.63, 3.8) is 0 Å². The number of nitrogens with one attached hydrogen (secondary N) is 2. The molecule has 1 aromatic carbocycles. The first-order valence-corrected chi connectivity index (χ1v) is 9.93. The Balaban J connectivity index is 2.29. The second kappa shape index (κ2) is 6.58. The van der Waals surface area contributed by atoms with Crippen LogP contribution in [0.5, 0.6) is 0 Å². The highest BCUT2D eigenvalue weighted by Crippen LogP contribution is 2.36. The van der Waals surface area contributed by atoms with Crippen molar-refractivity contribution in [1.82, 2.24) is 4.72 Å². The Labute approximate surface area is 132 Å². The Morgan fingerprint density at radius 2 is 2.05 bits per heavy atom. The molecular weight excluding hydrogens is 304 g/mol. The highest BCUT2D eigenvalue weighted by Gasteiger charge is 2.33. The summed E-state index contributed by atoms with van der Waals surface area (Å²) < 4.78 is 27.2. The van der Waals surface area contributed by atoms with Crippen molar-refractivity contribution in [2.45, 2.75) is 38.1 Å². The molecule has 1 aliphatic rings. The molecule has 0 bridgehead atoms. The van der Waals surface area contributed by atoms with Crippen molar-refractivity contribution >= 4 is 27.5 Å². The average molecular weight is 329 g/mol. The first-order valence-electron chi connectivity index (χ1n) is 7.30. The van der Waals surface area contributed by atoms with Crippen LogP contribution in [0, 0.1) is 5.41 Å². The maximum Gasteiger partial charge on any atom is 0.242 e. The van der Waals surface area contributed by atoms with Gasteiger partial charge >= 0.3 is 0 Å². The lowest BCUT2D eigenvalue weighted by Gasteiger charge is -2.39. The van der Waals surface area contributed by atoms with Crippen molar-refractivity contribution in [1.29, 1.82) is 0 Å². The van der Waals surface area contributed by atoms with E-state index in [4.69, 9.17) is 0 Å². The molecule has 1 unspecified atom stereocenters. The van der Waals surface area contributed by atoms with Crippen LogP contribution in [-0.4, -0.2) is 32.5 Å². The summed E-state index contributed by atoms with van der Waals surface area (Å²) in [6, 6.07) is 7.41. The molecule has 4 nitrogen and oxygen atoms in total. The summed E-state index contributed by atoms with van der Waals surface area (Å²) in [4.78, 5) is 0.332. The van der Waals surface area contributed by atoms with Gasteiger partial charge in [0.15, 0.2) is 0 Å². The maximum atomic E-state index is 12.3. The molecule has 0 saturated carbocycles. The topological polar surface area (TPSA) is 58.2 Å². The van der Waals surface area contributed by atoms with Gasteiger partial charge in [-0.2, -0.15) is 11.8 Å². The average Bonchev–Trinajstić information content (AvgIpc) is 2.41. The van der Waals surface area contributed by atoms with Crippen molar-refractivity contribution in [2.75, 3.05) is 23.4 Å². The molecular formula is C15H24N2O2S2. The fourth-order valence-electron chi connectivity index (χ4n) is 2.45. The fourth-order valence-corrected chi connectivity index (χ4v) is 5.27. The predicted molar refractivity (Wildman–Crippen MR) is 90.4 cm³/mol. The van der Waals surface area contributed by atoms with Gasteiger partial charge in [-0.1, -0.05) is 32.9 Å². The zero-order valence-corrected chi connectivity index (χ0v) is 14.5. The van der Waals surface area contributed by atoms with Gasteiger partial charge in [0.25, 0.3) is 0 Å². The first kappa shape index (κ1) is 16.6. The van der Waals surface area contributed by atoms with Crippen LogP contribution >= 0.6 is 11.8 Å². The third kappa shape index (κ3) is 3.93. The summed E-state index contributed by atoms with van der Waals surface area (Å²) in [6.07, 6.45) is 1.14. The van der Waals surface area contributed by atoms with Crippen LogP contribution < -0.4 is 10.0 Å². The molecule has 0 spiro atoms. The first-order chi connectivity index (χ1) is 9.87. The standard InChI is InChI=1S/C15H24N2O2S2/c1-4-16-21(18,19)13-8-6-5-7-12(13)17-14-11-20-10-9-15(14,2)3/h5-8,14,16-17H,4,9-11H2,1-3H3. The zero-order valence-electron chi connectivity index (χ0n) is 12.8. The van der Waals surface area contributed by atoms with Crippen molar-refractivity contribution in [3.8, 4) is 0 Å². The molecule has 0 amide bonds. The van der Waals surface area contributed by atoms with E-state index in [1.165, 1.54) is 5.75 Å². The molecule has 2 rings (SSSR count). The molecule has 1 fully saturated rings. The van der Waals surface area contributed by atoms with Gasteiger partial charge in [0.1, 0.15) is 4.90 Å². The molecule has 0 radical (unpaired) electrons. The zero-order chi connectivity index (χ0) is 15.5. The number of para-hydroxylation sites is 1. The molecule has 6 heteroatoms. The van der Waals surface area contributed by atoms with Gasteiger partial charge < -0.3 is 5.32 Å². The minimum atomic E-state index is -3.45. The van der Waals surface area contributed by atoms with Gasteiger partial charge in [0, 0.05) is 18.3 Å². The molecule has 1 heterocycles. The van der Waals surface area contributed by atoms with Crippen LogP contribution in [-0.2, 0) is 10.0 Å². The largest absolute Gasteiger partial charge is 0.380 e. The summed E-state index contributed by atoms with van der Waals surface area (Å²) in [5.74, 6) is 2.17. The minimum Gasteiger partial charge on any atom is -0.380 e. The number of sulfonamides is 1. The van der Waals surface area contributed by atoms with E-state index in [1.54, 1.807) is 19.1 Å². The Bertz CT molecular complexity index is 585. The summed E-state index contributed by atoms with van der Waals surface area (Å²) in [5, 5.41) is 3.46. The Hall–Kier alpha value is -0.720. The molecule has 1 aromatic rings. The predicted octanol–water partition coefficient (Wildman–Crippen LogP) is 2.93. The van der Waals surface area contributed by atoms with E-state index in [1.807, 2.05) is 23.9 Å². The summed E-state index contributed by atoms with van der Waals surface area (Å²) in [6.45, 7) is 6.66. The van der Waals surface area contributed by atoms with E-state index in [2.05, 4.69) is 23.9 Å². The summed E-state index contributed by atoms with van der Waals surface area (Å²) in [5.41, 5.74) is 0.861. The third-order valence-corrected chi connectivity index (χ3v) is 6.62. The van der Waals surface area contributed by atoms with Gasteiger partial charge in [0.05, 0.1) is 5.69 Å². The van der Waals surface area contributed by atoms with Gasteiger partial charge in [-0.15, -0.1) is 0 Å². The molecule has 0 aliphatic carbocycles. The van der Waals surface area contributed by atoms with Crippen LogP contribution in [0.15, 0.2) is 29.2 Å². The maximum absolute atomic E-state index is 12.3. The number of anilines is 1. The highest BCUT2D eigenvalue weighted by atomic mass is 32.2. The van der Waals surface area contributed by atoms with E-state index < -0.39 is 10.0 Å². The van der Waals surface area contributed by atoms with E-state index in [-0.39, 0.29) is 11.5 Å². The quantitative estimate of drug-likeness (QED) is 0.872. The SMILES string of the molecule is CCNS(=O)(=O)c1ccccc1NC1CSCCC1(C)C. The number of thioether (sulfide) groups is 1. The molecule has 0 aromatic heterocycles. The summed E-state index contributed by atoms with van der Waals surface area (Å²) >= 11 is 1.92. The number of benzene rings is 1. The summed E-state index contributed by atoms with van der Waals surface area (Å²) in [7, 11) is -3.45. The van der Waals surface area contributed by atoms with Gasteiger partial charge in [-0.3, -0.25) is 0 Å². The van der Waals surface area contributed by atoms with E-state index in [0.29, 0.717) is 17.1 Å². The Morgan fingerprint density at radius 3 is 2.71 bits per heavy atom. The highest BCUT2D eigenvalue weighted by molar-refractivity contribution is 7.99. The number of hydrogen-bond acceptors (Lipinski definition) is 4. The molecule has 2 N–H and O–H groups in total. The van der Waals surface area contributed by atoms with Gasteiger partial charge in [-0.05, 0) is 29.7 Å². The molecule has 1 saturated heterocycles. The molecule has 1 atom stereocenters. The van der Waals surface area contributed by atoms with Gasteiger partial charge in [0.2, 0.25) is 10.0 Å². The lowest BCUT2D eigenvalue weighted by Crippen LogP contribution is -2.42. The number of rotatable bonds is 5. The van der Waals surface area contributed by atoms with Crippen molar-refractivity contribution in [2.24, 2.45) is 5.41 Å². The van der Waals surface area contributed by atoms with Crippen LogP contribution in [0.1, 0.15) is 27.2 Å². The van der Waals surface area contributed by atoms with Crippen LogP contribution in [0.2, 0.25) is 0 Å². The monoisotopic (exact) mass is 328 g/mol. The van der Waals surface area contributed by atoms with E-state index in [0.717, 1.165) is 12.2 Å². The number of hydrogen-bond donors (Lipinski definition) is 2. The van der Waals surface area contributed by atoms with E-state index >= 15 is 0 Å². The van der Waals surface area contributed by atoms with Gasteiger partial charge in [-0.25, -0.2) is 13.1 Å². The minimum absolute atomic E-state index is 0.167. The lowest BCUT2D eigenvalue weighted by atomic mass is 9.82. The third-order valence-electron chi connectivity index (χ3n) is 3.96. The smallest absolute Gasteiger partial charge is 0.242 e. The van der Waals surface area contributed by atoms with Crippen LogP contribution in [0.25, 0.3) is 0 Å². The second-order valence-corrected chi connectivity index (χ2v) is 8.89. The fraction of sp³-hybridized carbons (Fsp3) is 0.600. The van der Waals surface area contributed by atoms with E-state index in [9.17, 15) is 8.42 Å².